The lowest BCUT2D eigenvalue weighted by atomic mass is 10.1. The molecule has 0 radical (unpaired) electrons. The summed E-state index contributed by atoms with van der Waals surface area (Å²) < 4.78 is 1.88. The average molecular weight is 262 g/mol. The number of nitrogens with zero attached hydrogens (tertiary/aromatic N) is 3. The van der Waals surface area contributed by atoms with E-state index in [0.29, 0.717) is 17.0 Å². The molecule has 0 aliphatic heterocycles. The number of hydrogen-bond acceptors (Lipinski definition) is 3. The van der Waals surface area contributed by atoms with Gasteiger partial charge >= 0.3 is 0 Å². The largest absolute Gasteiger partial charge is 0.369 e. The lowest BCUT2D eigenvalue weighted by molar-refractivity contribution is 1.10. The number of benzene rings is 2. The molecule has 4 heteroatoms. The minimum atomic E-state index is 0.394. The highest BCUT2D eigenvalue weighted by molar-refractivity contribution is 5.85. The third-order valence-corrected chi connectivity index (χ3v) is 3.58. The fourth-order valence-electron chi connectivity index (χ4n) is 2.34. The van der Waals surface area contributed by atoms with Crippen LogP contribution < -0.4 is 5.73 Å². The Morgan fingerprint density at radius 1 is 1.15 bits per heavy atom. The van der Waals surface area contributed by atoms with Crippen LogP contribution in [0.5, 0.6) is 0 Å². The highest BCUT2D eigenvalue weighted by Crippen LogP contribution is 2.26. The van der Waals surface area contributed by atoms with Crippen LogP contribution in [-0.2, 0) is 0 Å². The molecule has 0 bridgehead atoms. The number of anilines is 1. The number of nitrogen functional groups attached to an aromatic ring is 1. The molecule has 0 spiro atoms. The molecule has 2 N–H and O–H groups in total. The maximum atomic E-state index is 9.15. The number of nitrogens with two attached hydrogens (primary N) is 1. The number of fused-ring (bicyclic) bond motifs is 1. The van der Waals surface area contributed by atoms with E-state index in [-0.39, 0.29) is 0 Å². The topological polar surface area (TPSA) is 67.6 Å². The van der Waals surface area contributed by atoms with E-state index in [1.807, 2.05) is 22.8 Å². The number of aromatic nitrogens is 2. The van der Waals surface area contributed by atoms with Crippen LogP contribution in [0.2, 0.25) is 0 Å². The summed E-state index contributed by atoms with van der Waals surface area (Å²) in [6.07, 6.45) is 0. The van der Waals surface area contributed by atoms with E-state index < -0.39 is 0 Å². The lowest BCUT2D eigenvalue weighted by Crippen LogP contribution is -2.01. The molecule has 0 saturated heterocycles. The van der Waals surface area contributed by atoms with E-state index in [4.69, 9.17) is 11.0 Å². The molecular weight excluding hydrogens is 248 g/mol. The predicted octanol–water partition coefficient (Wildman–Crippen LogP) is 3.10. The number of nitriles is 1. The van der Waals surface area contributed by atoms with Crippen LogP contribution >= 0.6 is 0 Å². The van der Waals surface area contributed by atoms with Crippen molar-refractivity contribution in [1.29, 1.82) is 5.26 Å². The van der Waals surface area contributed by atoms with Crippen molar-refractivity contribution < 1.29 is 0 Å². The zero-order valence-electron chi connectivity index (χ0n) is 11.4. The Hall–Kier alpha value is -2.80. The summed E-state index contributed by atoms with van der Waals surface area (Å²) in [6, 6.07) is 13.8. The summed E-state index contributed by atoms with van der Waals surface area (Å²) >= 11 is 0. The van der Waals surface area contributed by atoms with Crippen molar-refractivity contribution in [3.63, 3.8) is 0 Å². The van der Waals surface area contributed by atoms with Gasteiger partial charge in [0.05, 0.1) is 11.1 Å². The Kier molecular flexibility index (Phi) is 2.69. The second-order valence-corrected chi connectivity index (χ2v) is 4.86. The summed E-state index contributed by atoms with van der Waals surface area (Å²) in [7, 11) is 0. The third-order valence-electron chi connectivity index (χ3n) is 3.58. The van der Waals surface area contributed by atoms with Crippen LogP contribution in [-0.4, -0.2) is 9.55 Å². The van der Waals surface area contributed by atoms with Crippen molar-refractivity contribution in [1.82, 2.24) is 9.55 Å². The van der Waals surface area contributed by atoms with Gasteiger partial charge in [0.1, 0.15) is 11.6 Å². The molecule has 1 aromatic heterocycles. The van der Waals surface area contributed by atoms with Gasteiger partial charge in [-0.05, 0) is 49.2 Å². The summed E-state index contributed by atoms with van der Waals surface area (Å²) in [5, 5.41) is 9.15. The van der Waals surface area contributed by atoms with Gasteiger partial charge in [0, 0.05) is 5.69 Å². The first-order valence-electron chi connectivity index (χ1n) is 6.36. The van der Waals surface area contributed by atoms with Crippen LogP contribution in [0.25, 0.3) is 16.7 Å². The molecule has 0 amide bonds. The van der Waals surface area contributed by atoms with Crippen LogP contribution in [0.15, 0.2) is 36.4 Å². The summed E-state index contributed by atoms with van der Waals surface area (Å²) in [4.78, 5) is 4.33. The second kappa shape index (κ2) is 4.39. The highest BCUT2D eigenvalue weighted by Gasteiger charge is 2.13. The molecule has 0 fully saturated rings. The molecule has 1 heterocycles. The monoisotopic (exact) mass is 262 g/mol. The molecule has 2 aromatic carbocycles. The third kappa shape index (κ3) is 1.72. The first-order valence-corrected chi connectivity index (χ1v) is 6.36. The van der Waals surface area contributed by atoms with Crippen LogP contribution in [0.1, 0.15) is 16.7 Å². The van der Waals surface area contributed by atoms with Crippen molar-refractivity contribution in [2.45, 2.75) is 13.8 Å². The number of imidazole rings is 1. The van der Waals surface area contributed by atoms with Gasteiger partial charge in [-0.2, -0.15) is 5.26 Å². The zero-order chi connectivity index (χ0) is 14.3. The van der Waals surface area contributed by atoms with E-state index in [2.05, 4.69) is 37.0 Å². The van der Waals surface area contributed by atoms with Crippen LogP contribution in [0.4, 0.5) is 5.95 Å². The molecule has 4 nitrogen and oxygen atoms in total. The minimum Gasteiger partial charge on any atom is -0.369 e. The van der Waals surface area contributed by atoms with Crippen LogP contribution in [0, 0.1) is 25.2 Å². The van der Waals surface area contributed by atoms with Crippen molar-refractivity contribution in [3.05, 3.63) is 53.1 Å². The van der Waals surface area contributed by atoms with Gasteiger partial charge in [-0.15, -0.1) is 0 Å². The van der Waals surface area contributed by atoms with Crippen molar-refractivity contribution in [3.8, 4) is 11.8 Å². The smallest absolute Gasteiger partial charge is 0.205 e. The molecule has 20 heavy (non-hydrogen) atoms. The lowest BCUT2D eigenvalue weighted by Gasteiger charge is -2.09. The van der Waals surface area contributed by atoms with Gasteiger partial charge in [0.15, 0.2) is 0 Å². The molecule has 3 aromatic rings. The second-order valence-electron chi connectivity index (χ2n) is 4.86. The van der Waals surface area contributed by atoms with Gasteiger partial charge in [0.2, 0.25) is 5.95 Å². The maximum absolute atomic E-state index is 9.15. The van der Waals surface area contributed by atoms with E-state index in [1.54, 1.807) is 6.07 Å². The van der Waals surface area contributed by atoms with Crippen LogP contribution in [0.3, 0.4) is 0 Å². The fourth-order valence-corrected chi connectivity index (χ4v) is 2.34. The standard InChI is InChI=1S/C16H14N4/c1-10-6-7-13(8-11(10)2)20-14-5-3-4-12(9-17)15(14)19-16(20)18/h3-8H,1-2H3,(H2,18,19). The molecule has 3 rings (SSSR count). The Balaban J connectivity index is 2.34. The van der Waals surface area contributed by atoms with E-state index in [9.17, 15) is 0 Å². The summed E-state index contributed by atoms with van der Waals surface area (Å²) in [5.41, 5.74) is 11.5. The normalized spacial score (nSPS) is 10.7. The Bertz CT molecular complexity index is 853. The van der Waals surface area contributed by atoms with E-state index in [0.717, 1.165) is 11.2 Å². The maximum Gasteiger partial charge on any atom is 0.205 e. The molecule has 0 atom stereocenters. The summed E-state index contributed by atoms with van der Waals surface area (Å²) in [6.45, 7) is 4.14. The van der Waals surface area contributed by atoms with E-state index in [1.165, 1.54) is 11.1 Å². The first-order chi connectivity index (χ1) is 9.61. The highest BCUT2D eigenvalue weighted by atomic mass is 15.2. The molecule has 0 saturated carbocycles. The number of aryl methyl sites for hydroxylation is 2. The number of rotatable bonds is 1. The van der Waals surface area contributed by atoms with Crippen molar-refractivity contribution in [2.24, 2.45) is 0 Å². The van der Waals surface area contributed by atoms with E-state index >= 15 is 0 Å². The average Bonchev–Trinajstić information content (AvgIpc) is 2.78. The van der Waals surface area contributed by atoms with Gasteiger partial charge in [0.25, 0.3) is 0 Å². The molecule has 0 aliphatic carbocycles. The fraction of sp³-hybridized carbons (Fsp3) is 0.125. The van der Waals surface area contributed by atoms with Gasteiger partial charge in [-0.25, -0.2) is 4.98 Å². The molecule has 0 unspecified atom stereocenters. The molecule has 0 aliphatic rings. The first kappa shape index (κ1) is 12.2. The zero-order valence-corrected chi connectivity index (χ0v) is 11.4. The SMILES string of the molecule is Cc1ccc(-n2c(N)nc3c(C#N)cccc32)cc1C. The van der Waals surface area contributed by atoms with Crippen molar-refractivity contribution in [2.75, 3.05) is 5.73 Å². The Labute approximate surface area is 117 Å². The minimum absolute atomic E-state index is 0.394. The van der Waals surface area contributed by atoms with Crippen molar-refractivity contribution >= 4 is 17.0 Å². The van der Waals surface area contributed by atoms with Gasteiger partial charge < -0.3 is 5.73 Å². The Morgan fingerprint density at radius 3 is 2.65 bits per heavy atom. The number of para-hydroxylation sites is 1. The molecular formula is C16H14N4. The Morgan fingerprint density at radius 2 is 1.95 bits per heavy atom. The number of hydrogen-bond donors (Lipinski definition) is 1. The van der Waals surface area contributed by atoms with Gasteiger partial charge in [-0.3, -0.25) is 4.57 Å². The predicted molar refractivity (Wildman–Crippen MR) is 79.7 cm³/mol. The van der Waals surface area contributed by atoms with Gasteiger partial charge in [-0.1, -0.05) is 12.1 Å². The summed E-state index contributed by atoms with van der Waals surface area (Å²) in [5.74, 6) is 0.394. The quantitative estimate of drug-likeness (QED) is 0.732. The molecule has 98 valence electrons.